The third-order valence-corrected chi connectivity index (χ3v) is 2.47. The van der Waals surface area contributed by atoms with Crippen LogP contribution >= 0.6 is 0 Å². The van der Waals surface area contributed by atoms with E-state index in [1.165, 1.54) is 37.9 Å². The van der Waals surface area contributed by atoms with Crippen molar-refractivity contribution in [1.82, 2.24) is 5.32 Å². The summed E-state index contributed by atoms with van der Waals surface area (Å²) >= 11 is 0. The fourth-order valence-electron chi connectivity index (χ4n) is 1.61. The van der Waals surface area contributed by atoms with E-state index in [1.807, 2.05) is 31.2 Å². The molecule has 0 saturated carbocycles. The molecule has 0 amide bonds. The van der Waals surface area contributed by atoms with Gasteiger partial charge in [0.25, 0.3) is 0 Å². The summed E-state index contributed by atoms with van der Waals surface area (Å²) in [5.41, 5.74) is 2.18. The first-order valence-corrected chi connectivity index (χ1v) is 5.70. The Balaban J connectivity index is 0.000000162. The minimum Gasteiger partial charge on any atom is -0.392 e. The molecule has 2 heteroatoms. The zero-order valence-corrected chi connectivity index (χ0v) is 9.50. The summed E-state index contributed by atoms with van der Waals surface area (Å²) in [4.78, 5) is 0. The molecule has 2 rings (SSSR count). The lowest BCUT2D eigenvalue weighted by molar-refractivity contribution is 0.282. The molecule has 0 bridgehead atoms. The van der Waals surface area contributed by atoms with Crippen LogP contribution in [0.2, 0.25) is 0 Å². The van der Waals surface area contributed by atoms with Crippen molar-refractivity contribution in [2.24, 2.45) is 0 Å². The van der Waals surface area contributed by atoms with Gasteiger partial charge >= 0.3 is 0 Å². The Labute approximate surface area is 92.3 Å². The zero-order chi connectivity index (χ0) is 10.9. The Morgan fingerprint density at radius 3 is 2.27 bits per heavy atom. The lowest BCUT2D eigenvalue weighted by Gasteiger charge is -2.08. The van der Waals surface area contributed by atoms with Gasteiger partial charge in [0.1, 0.15) is 0 Å². The highest BCUT2D eigenvalue weighted by molar-refractivity contribution is 5.21. The number of rotatable bonds is 1. The van der Waals surface area contributed by atoms with Gasteiger partial charge in [0.2, 0.25) is 0 Å². The molecule has 1 saturated heterocycles. The van der Waals surface area contributed by atoms with E-state index in [2.05, 4.69) is 5.32 Å². The Morgan fingerprint density at radius 2 is 1.93 bits per heavy atom. The molecule has 2 nitrogen and oxygen atoms in total. The van der Waals surface area contributed by atoms with Crippen LogP contribution in [0, 0.1) is 6.92 Å². The van der Waals surface area contributed by atoms with Gasteiger partial charge in [0.05, 0.1) is 6.61 Å². The summed E-state index contributed by atoms with van der Waals surface area (Å²) in [5.74, 6) is 0. The average molecular weight is 207 g/mol. The number of aryl methyl sites for hydroxylation is 1. The van der Waals surface area contributed by atoms with Crippen LogP contribution in [0.5, 0.6) is 0 Å². The van der Waals surface area contributed by atoms with Crippen LogP contribution in [0.3, 0.4) is 0 Å². The molecule has 1 aromatic rings. The number of aliphatic hydroxyl groups excluding tert-OH is 1. The van der Waals surface area contributed by atoms with Gasteiger partial charge in [-0.25, -0.2) is 0 Å². The van der Waals surface area contributed by atoms with Crippen LogP contribution < -0.4 is 5.32 Å². The zero-order valence-electron chi connectivity index (χ0n) is 9.50. The molecular weight excluding hydrogens is 186 g/mol. The highest BCUT2D eigenvalue weighted by atomic mass is 16.3. The van der Waals surface area contributed by atoms with Crippen molar-refractivity contribution in [3.63, 3.8) is 0 Å². The maximum absolute atomic E-state index is 8.66. The molecule has 0 unspecified atom stereocenters. The Bertz CT molecular complexity index is 257. The largest absolute Gasteiger partial charge is 0.392 e. The minimum absolute atomic E-state index is 0.141. The van der Waals surface area contributed by atoms with Gasteiger partial charge in [-0.1, -0.05) is 36.2 Å². The summed E-state index contributed by atoms with van der Waals surface area (Å²) < 4.78 is 0. The van der Waals surface area contributed by atoms with E-state index in [0.717, 1.165) is 5.56 Å². The maximum atomic E-state index is 8.66. The van der Waals surface area contributed by atoms with Gasteiger partial charge in [-0.15, -0.1) is 0 Å². The second kappa shape index (κ2) is 7.43. The van der Waals surface area contributed by atoms with E-state index >= 15 is 0 Å². The number of nitrogens with one attached hydrogen (secondary N) is 1. The van der Waals surface area contributed by atoms with Crippen molar-refractivity contribution in [3.8, 4) is 0 Å². The molecule has 0 radical (unpaired) electrons. The normalized spacial score (nSPS) is 15.3. The fourth-order valence-corrected chi connectivity index (χ4v) is 1.61. The van der Waals surface area contributed by atoms with Gasteiger partial charge in [0.15, 0.2) is 0 Å². The molecule has 1 aliphatic rings. The van der Waals surface area contributed by atoms with E-state index in [4.69, 9.17) is 5.11 Å². The summed E-state index contributed by atoms with van der Waals surface area (Å²) in [6.45, 7) is 4.65. The van der Waals surface area contributed by atoms with Crippen molar-refractivity contribution in [2.75, 3.05) is 13.1 Å². The van der Waals surface area contributed by atoms with Crippen LogP contribution in [-0.2, 0) is 6.61 Å². The first-order valence-electron chi connectivity index (χ1n) is 5.70. The predicted molar refractivity (Wildman–Crippen MR) is 63.8 cm³/mol. The number of piperidine rings is 1. The van der Waals surface area contributed by atoms with Gasteiger partial charge in [0, 0.05) is 0 Å². The molecular formula is C13H21NO. The lowest BCUT2D eigenvalue weighted by atomic mass is 10.1. The molecule has 0 aromatic heterocycles. The van der Waals surface area contributed by atoms with E-state index in [9.17, 15) is 0 Å². The van der Waals surface area contributed by atoms with Crippen molar-refractivity contribution in [1.29, 1.82) is 0 Å². The molecule has 0 spiro atoms. The molecule has 15 heavy (non-hydrogen) atoms. The summed E-state index contributed by atoms with van der Waals surface area (Å²) in [6.07, 6.45) is 4.22. The highest BCUT2D eigenvalue weighted by Crippen LogP contribution is 2.02. The van der Waals surface area contributed by atoms with Gasteiger partial charge < -0.3 is 10.4 Å². The Morgan fingerprint density at radius 1 is 1.20 bits per heavy atom. The van der Waals surface area contributed by atoms with Gasteiger partial charge in [-0.05, 0) is 38.4 Å². The second-order valence-corrected chi connectivity index (χ2v) is 3.96. The molecule has 84 valence electrons. The SMILES string of the molecule is C1CCNCC1.Cc1cccc(CO)c1. The molecule has 2 N–H and O–H groups in total. The molecule has 0 atom stereocenters. The van der Waals surface area contributed by atoms with Crippen LogP contribution in [0.4, 0.5) is 0 Å². The first kappa shape index (κ1) is 12.2. The maximum Gasteiger partial charge on any atom is 0.0681 e. The van der Waals surface area contributed by atoms with Gasteiger partial charge in [-0.3, -0.25) is 0 Å². The van der Waals surface area contributed by atoms with E-state index < -0.39 is 0 Å². The van der Waals surface area contributed by atoms with Crippen molar-refractivity contribution in [2.45, 2.75) is 32.8 Å². The molecule has 0 aliphatic carbocycles. The average Bonchev–Trinajstić information content (AvgIpc) is 2.32. The summed E-state index contributed by atoms with van der Waals surface area (Å²) in [6, 6.07) is 7.84. The highest BCUT2D eigenvalue weighted by Gasteiger charge is 1.93. The third kappa shape index (κ3) is 5.55. The van der Waals surface area contributed by atoms with Crippen LogP contribution in [-0.4, -0.2) is 18.2 Å². The van der Waals surface area contributed by atoms with E-state index in [0.29, 0.717) is 0 Å². The van der Waals surface area contributed by atoms with Crippen LogP contribution in [0.1, 0.15) is 30.4 Å². The Hall–Kier alpha value is -0.860. The number of benzene rings is 1. The topological polar surface area (TPSA) is 32.3 Å². The number of aliphatic hydroxyl groups is 1. The molecule has 1 aliphatic heterocycles. The van der Waals surface area contributed by atoms with Crippen LogP contribution in [0.15, 0.2) is 24.3 Å². The first-order chi connectivity index (χ1) is 7.33. The second-order valence-electron chi connectivity index (χ2n) is 3.96. The third-order valence-electron chi connectivity index (χ3n) is 2.47. The molecule has 1 aromatic carbocycles. The number of hydrogen-bond donors (Lipinski definition) is 2. The molecule has 1 heterocycles. The smallest absolute Gasteiger partial charge is 0.0681 e. The summed E-state index contributed by atoms with van der Waals surface area (Å²) in [7, 11) is 0. The standard InChI is InChI=1S/C8H10O.C5H11N/c1-7-3-2-4-8(5-7)6-9;1-2-4-6-5-3-1/h2-5,9H,6H2,1H3;6H,1-5H2. The quantitative estimate of drug-likeness (QED) is 0.740. The Kier molecular flexibility index (Phi) is 6.05. The van der Waals surface area contributed by atoms with Crippen LogP contribution in [0.25, 0.3) is 0 Å². The van der Waals surface area contributed by atoms with E-state index in [1.54, 1.807) is 0 Å². The van der Waals surface area contributed by atoms with Crippen molar-refractivity contribution < 1.29 is 5.11 Å². The van der Waals surface area contributed by atoms with Gasteiger partial charge in [-0.2, -0.15) is 0 Å². The predicted octanol–water partition coefficient (Wildman–Crippen LogP) is 2.25. The molecule has 1 fully saturated rings. The lowest BCUT2D eigenvalue weighted by Crippen LogP contribution is -2.21. The minimum atomic E-state index is 0.141. The summed E-state index contributed by atoms with van der Waals surface area (Å²) in [5, 5.41) is 11.9. The number of hydrogen-bond acceptors (Lipinski definition) is 2. The monoisotopic (exact) mass is 207 g/mol. The van der Waals surface area contributed by atoms with Crippen molar-refractivity contribution >= 4 is 0 Å². The van der Waals surface area contributed by atoms with Crippen molar-refractivity contribution in [3.05, 3.63) is 35.4 Å². The van der Waals surface area contributed by atoms with E-state index in [-0.39, 0.29) is 6.61 Å². The fraction of sp³-hybridized carbons (Fsp3) is 0.538.